The molecule has 3 aromatic heterocycles. The Kier molecular flexibility index (Phi) is 3.46. The first-order valence-electron chi connectivity index (χ1n) is 8.94. The number of aryl methyl sites for hydroxylation is 1. The lowest BCUT2D eigenvalue weighted by atomic mass is 9.97. The van der Waals surface area contributed by atoms with Gasteiger partial charge in [-0.05, 0) is 6.07 Å². The highest BCUT2D eigenvalue weighted by Gasteiger charge is 2.51. The second-order valence-electron chi connectivity index (χ2n) is 6.94. The minimum absolute atomic E-state index is 0.0392. The largest absolute Gasteiger partial charge is 0.465 e. The van der Waals surface area contributed by atoms with Crippen LogP contribution in [0.1, 0.15) is 19.3 Å². The third-order valence-electron chi connectivity index (χ3n) is 5.30. The van der Waals surface area contributed by atoms with Crippen LogP contribution in [0.4, 0.5) is 0 Å². The van der Waals surface area contributed by atoms with Crippen LogP contribution in [-0.4, -0.2) is 52.7 Å². The topological polar surface area (TPSA) is 77.3 Å². The predicted octanol–water partition coefficient (Wildman–Crippen LogP) is 1.61. The zero-order valence-electron chi connectivity index (χ0n) is 14.9. The number of carbonyl (C=O) groups is 1. The normalized spacial score (nSPS) is 21.2. The highest BCUT2D eigenvalue weighted by Crippen LogP contribution is 2.33. The maximum absolute atomic E-state index is 12.2. The first-order valence-corrected chi connectivity index (χ1v) is 8.94. The SMILES string of the molecule is C=CC(=O)[N+]1=C2CC[C@@H]1[C@H](Oc1nc(-c3cnn(C)c3)cn3nccc13)C2. The summed E-state index contributed by atoms with van der Waals surface area (Å²) in [5.41, 5.74) is 3.56. The van der Waals surface area contributed by atoms with Gasteiger partial charge in [0.25, 0.3) is 0 Å². The smallest absolute Gasteiger partial charge is 0.411 e. The van der Waals surface area contributed by atoms with E-state index in [1.807, 2.05) is 30.1 Å². The summed E-state index contributed by atoms with van der Waals surface area (Å²) in [6, 6.07) is 1.92. The van der Waals surface area contributed by atoms with Crippen LogP contribution in [0.2, 0.25) is 0 Å². The second kappa shape index (κ2) is 5.87. The standard InChI is InChI=1S/C19H19N6O2/c1-3-18(26)25-13-4-5-15(25)17(8-13)27-19-16-6-7-20-24(16)11-14(22-19)12-9-21-23(2)10-12/h3,6-7,9-11,15,17H,1,4-5,8H2,2H3/q+1/t15-,17-/m1/s1. The molecule has 3 aromatic rings. The summed E-state index contributed by atoms with van der Waals surface area (Å²) >= 11 is 0. The molecule has 1 amide bonds. The van der Waals surface area contributed by atoms with E-state index in [9.17, 15) is 4.79 Å². The lowest BCUT2D eigenvalue weighted by molar-refractivity contribution is -0.475. The first kappa shape index (κ1) is 15.9. The van der Waals surface area contributed by atoms with Gasteiger partial charge in [-0.15, -0.1) is 0 Å². The fourth-order valence-electron chi connectivity index (χ4n) is 4.08. The quantitative estimate of drug-likeness (QED) is 0.520. The molecule has 0 unspecified atom stereocenters. The molecule has 0 N–H and O–H groups in total. The Balaban J connectivity index is 1.50. The van der Waals surface area contributed by atoms with Gasteiger partial charge in [0, 0.05) is 37.7 Å². The van der Waals surface area contributed by atoms with Gasteiger partial charge in [-0.1, -0.05) is 6.58 Å². The summed E-state index contributed by atoms with van der Waals surface area (Å²) in [4.78, 5) is 16.9. The third kappa shape index (κ3) is 2.48. The van der Waals surface area contributed by atoms with Crippen molar-refractivity contribution in [3.05, 3.63) is 43.5 Å². The Morgan fingerprint density at radius 1 is 1.41 bits per heavy atom. The van der Waals surface area contributed by atoms with Crippen molar-refractivity contribution in [3.8, 4) is 17.1 Å². The molecule has 0 spiro atoms. The average molecular weight is 363 g/mol. The van der Waals surface area contributed by atoms with Gasteiger partial charge in [-0.2, -0.15) is 14.8 Å². The summed E-state index contributed by atoms with van der Waals surface area (Å²) < 4.78 is 11.7. The zero-order chi connectivity index (χ0) is 18.5. The molecule has 2 atom stereocenters. The molecule has 0 saturated heterocycles. The molecule has 8 nitrogen and oxygen atoms in total. The summed E-state index contributed by atoms with van der Waals surface area (Å²) in [7, 11) is 1.87. The van der Waals surface area contributed by atoms with Gasteiger partial charge in [0.05, 0.1) is 30.7 Å². The molecule has 27 heavy (non-hydrogen) atoms. The van der Waals surface area contributed by atoms with Crippen molar-refractivity contribution < 1.29 is 14.1 Å². The van der Waals surface area contributed by atoms with Gasteiger partial charge in [-0.25, -0.2) is 14.3 Å². The van der Waals surface area contributed by atoms with Crippen molar-refractivity contribution >= 4 is 17.1 Å². The number of ether oxygens (including phenoxy) is 1. The second-order valence-corrected chi connectivity index (χ2v) is 6.94. The average Bonchev–Trinajstić information content (AvgIpc) is 3.43. The molecule has 2 aliphatic heterocycles. The summed E-state index contributed by atoms with van der Waals surface area (Å²) in [6.07, 6.45) is 11.1. The van der Waals surface area contributed by atoms with E-state index in [1.165, 1.54) is 6.08 Å². The van der Waals surface area contributed by atoms with Crippen molar-refractivity contribution in [2.75, 3.05) is 0 Å². The number of nitrogens with zero attached hydrogens (tertiary/aromatic N) is 6. The Morgan fingerprint density at radius 2 is 2.30 bits per heavy atom. The van der Waals surface area contributed by atoms with Gasteiger partial charge >= 0.3 is 5.91 Å². The van der Waals surface area contributed by atoms with Gasteiger partial charge in [0.2, 0.25) is 5.88 Å². The number of hydrogen-bond donors (Lipinski definition) is 0. The minimum atomic E-state index is -0.104. The van der Waals surface area contributed by atoms with Crippen LogP contribution in [0.15, 0.2) is 43.5 Å². The van der Waals surface area contributed by atoms with E-state index in [1.54, 1.807) is 21.6 Å². The molecular formula is C19H19N6O2+. The molecule has 5 heterocycles. The van der Waals surface area contributed by atoms with Crippen molar-refractivity contribution in [2.24, 2.45) is 7.05 Å². The van der Waals surface area contributed by atoms with Crippen LogP contribution in [0.3, 0.4) is 0 Å². The molecular weight excluding hydrogens is 344 g/mol. The summed E-state index contributed by atoms with van der Waals surface area (Å²) in [5.74, 6) is 0.475. The van der Waals surface area contributed by atoms with Gasteiger partial charge in [-0.3, -0.25) is 4.68 Å². The molecule has 2 bridgehead atoms. The number of hydrogen-bond acceptors (Lipinski definition) is 5. The van der Waals surface area contributed by atoms with Crippen molar-refractivity contribution in [3.63, 3.8) is 0 Å². The number of fused-ring (bicyclic) bond motifs is 2. The van der Waals surface area contributed by atoms with Crippen LogP contribution in [-0.2, 0) is 11.8 Å². The fourth-order valence-corrected chi connectivity index (χ4v) is 4.08. The monoisotopic (exact) mass is 363 g/mol. The molecule has 0 aromatic carbocycles. The lowest BCUT2D eigenvalue weighted by Gasteiger charge is -2.18. The summed E-state index contributed by atoms with van der Waals surface area (Å²) in [6.45, 7) is 3.61. The summed E-state index contributed by atoms with van der Waals surface area (Å²) in [5, 5.41) is 8.55. The first-order chi connectivity index (χ1) is 13.1. The predicted molar refractivity (Wildman–Crippen MR) is 97.7 cm³/mol. The van der Waals surface area contributed by atoms with Crippen LogP contribution >= 0.6 is 0 Å². The zero-order valence-corrected chi connectivity index (χ0v) is 14.9. The van der Waals surface area contributed by atoms with Crippen LogP contribution in [0, 0.1) is 0 Å². The van der Waals surface area contributed by atoms with Crippen molar-refractivity contribution in [1.82, 2.24) is 24.4 Å². The molecule has 8 heteroatoms. The number of carbonyl (C=O) groups excluding carboxylic acids is 1. The van der Waals surface area contributed by atoms with E-state index in [-0.39, 0.29) is 18.1 Å². The number of rotatable bonds is 4. The molecule has 5 rings (SSSR count). The molecule has 0 aliphatic carbocycles. The van der Waals surface area contributed by atoms with Crippen LogP contribution in [0.25, 0.3) is 16.8 Å². The maximum atomic E-state index is 12.2. The van der Waals surface area contributed by atoms with Crippen LogP contribution < -0.4 is 4.74 Å². The van der Waals surface area contributed by atoms with Crippen LogP contribution in [0.5, 0.6) is 5.88 Å². The fraction of sp³-hybridized carbons (Fsp3) is 0.316. The molecule has 2 aliphatic rings. The molecule has 0 fully saturated rings. The van der Waals surface area contributed by atoms with E-state index >= 15 is 0 Å². The Bertz CT molecular complexity index is 1110. The number of amides is 1. The van der Waals surface area contributed by atoms with E-state index in [0.717, 1.165) is 41.7 Å². The Morgan fingerprint density at radius 3 is 3.07 bits per heavy atom. The number of aromatic nitrogens is 5. The van der Waals surface area contributed by atoms with E-state index in [0.29, 0.717) is 5.88 Å². The Labute approximate surface area is 155 Å². The maximum Gasteiger partial charge on any atom is 0.411 e. The lowest BCUT2D eigenvalue weighted by Crippen LogP contribution is -2.36. The highest BCUT2D eigenvalue weighted by molar-refractivity contribution is 5.92. The van der Waals surface area contributed by atoms with Crippen molar-refractivity contribution in [1.29, 1.82) is 0 Å². The Hall–Kier alpha value is -3.29. The van der Waals surface area contributed by atoms with E-state index in [2.05, 4.69) is 16.8 Å². The van der Waals surface area contributed by atoms with Gasteiger partial charge < -0.3 is 4.74 Å². The highest BCUT2D eigenvalue weighted by atomic mass is 16.5. The molecule has 136 valence electrons. The van der Waals surface area contributed by atoms with E-state index < -0.39 is 0 Å². The van der Waals surface area contributed by atoms with Gasteiger partial charge in [0.15, 0.2) is 17.9 Å². The van der Waals surface area contributed by atoms with Crippen molar-refractivity contribution in [2.45, 2.75) is 31.4 Å². The van der Waals surface area contributed by atoms with Gasteiger partial charge in [0.1, 0.15) is 5.52 Å². The minimum Gasteiger partial charge on any atom is -0.465 e. The molecule has 0 radical (unpaired) electrons. The third-order valence-corrected chi connectivity index (χ3v) is 5.30. The molecule has 0 saturated carbocycles. The van der Waals surface area contributed by atoms with E-state index in [4.69, 9.17) is 9.72 Å².